The monoisotopic (exact) mass is 479 g/mol. The van der Waals surface area contributed by atoms with Gasteiger partial charge in [-0.05, 0) is 49.1 Å². The number of nitrogen functional groups attached to an aromatic ring is 1. The molecule has 1 aliphatic carbocycles. The van der Waals surface area contributed by atoms with E-state index in [0.29, 0.717) is 18.3 Å². The van der Waals surface area contributed by atoms with E-state index in [1.807, 2.05) is 61.5 Å². The van der Waals surface area contributed by atoms with E-state index in [9.17, 15) is 4.79 Å². The zero-order valence-corrected chi connectivity index (χ0v) is 21.2. The number of rotatable bonds is 7. The minimum atomic E-state index is 0.0483. The van der Waals surface area contributed by atoms with Crippen LogP contribution in [0.1, 0.15) is 37.7 Å². The van der Waals surface area contributed by atoms with Gasteiger partial charge < -0.3 is 25.4 Å². The van der Waals surface area contributed by atoms with Crippen LogP contribution in [0, 0.1) is 5.92 Å². The van der Waals surface area contributed by atoms with Crippen LogP contribution in [0.5, 0.6) is 11.5 Å². The Morgan fingerprint density at radius 1 is 1.06 bits per heavy atom. The topological polar surface area (TPSA) is 103 Å². The average Bonchev–Trinajstić information content (AvgIpc) is 2.87. The first kappa shape index (κ1) is 26.1. The summed E-state index contributed by atoms with van der Waals surface area (Å²) in [5.41, 5.74) is 7.35. The van der Waals surface area contributed by atoms with Crippen LogP contribution in [0.25, 0.3) is 10.9 Å². The SMILES string of the molecule is CN(C)c1nc(N)nc2ccccc12.COc1ccc(OC)c(CC(=O)NCC2CCCCC2)c1. The maximum atomic E-state index is 12.1. The molecule has 0 atom stereocenters. The van der Waals surface area contributed by atoms with Crippen LogP contribution in [0.15, 0.2) is 42.5 Å². The van der Waals surface area contributed by atoms with Crippen molar-refractivity contribution in [2.24, 2.45) is 5.92 Å². The van der Waals surface area contributed by atoms with Crippen LogP contribution in [0.3, 0.4) is 0 Å². The molecule has 0 aliphatic heterocycles. The molecular weight excluding hydrogens is 442 g/mol. The number of aromatic nitrogens is 2. The normalized spacial score (nSPS) is 13.5. The third-order valence-corrected chi connectivity index (χ3v) is 6.18. The van der Waals surface area contributed by atoms with Gasteiger partial charge in [-0.25, -0.2) is 4.98 Å². The summed E-state index contributed by atoms with van der Waals surface area (Å²) < 4.78 is 10.5. The van der Waals surface area contributed by atoms with Crippen molar-refractivity contribution in [2.45, 2.75) is 38.5 Å². The molecule has 0 unspecified atom stereocenters. The minimum absolute atomic E-state index is 0.0483. The largest absolute Gasteiger partial charge is 0.497 e. The first-order valence-electron chi connectivity index (χ1n) is 12.1. The number of nitrogens with zero attached hydrogens (tertiary/aromatic N) is 3. The first-order valence-corrected chi connectivity index (χ1v) is 12.1. The van der Waals surface area contributed by atoms with Crippen molar-refractivity contribution in [1.29, 1.82) is 0 Å². The van der Waals surface area contributed by atoms with Crippen molar-refractivity contribution in [3.05, 3.63) is 48.0 Å². The van der Waals surface area contributed by atoms with Crippen molar-refractivity contribution in [1.82, 2.24) is 15.3 Å². The smallest absolute Gasteiger partial charge is 0.224 e. The van der Waals surface area contributed by atoms with Gasteiger partial charge in [-0.1, -0.05) is 31.4 Å². The number of amides is 1. The van der Waals surface area contributed by atoms with Gasteiger partial charge in [-0.2, -0.15) is 4.98 Å². The summed E-state index contributed by atoms with van der Waals surface area (Å²) in [5, 5.41) is 4.07. The number of para-hydroxylation sites is 1. The Kier molecular flexibility index (Phi) is 9.52. The molecule has 0 spiro atoms. The number of nitrogens with two attached hydrogens (primary N) is 1. The Morgan fingerprint density at radius 3 is 2.49 bits per heavy atom. The Labute approximate surface area is 207 Å². The molecular formula is C27H37N5O3. The van der Waals surface area contributed by atoms with Gasteiger partial charge in [0, 0.05) is 31.6 Å². The molecule has 1 aliphatic rings. The first-order chi connectivity index (χ1) is 16.9. The number of fused-ring (bicyclic) bond motifs is 1. The maximum absolute atomic E-state index is 12.1. The van der Waals surface area contributed by atoms with Crippen LogP contribution >= 0.6 is 0 Å². The zero-order valence-electron chi connectivity index (χ0n) is 21.2. The van der Waals surface area contributed by atoms with Crippen molar-refractivity contribution in [3.63, 3.8) is 0 Å². The third kappa shape index (κ3) is 7.47. The molecule has 1 amide bonds. The number of ether oxygens (including phenoxy) is 2. The lowest BCUT2D eigenvalue weighted by molar-refractivity contribution is -0.120. The number of anilines is 2. The zero-order chi connectivity index (χ0) is 25.2. The fourth-order valence-electron chi connectivity index (χ4n) is 4.32. The van der Waals surface area contributed by atoms with Gasteiger partial charge in [0.25, 0.3) is 0 Å². The molecule has 8 heteroatoms. The van der Waals surface area contributed by atoms with Gasteiger partial charge in [0.15, 0.2) is 0 Å². The summed E-state index contributed by atoms with van der Waals surface area (Å²) in [6.45, 7) is 0.797. The summed E-state index contributed by atoms with van der Waals surface area (Å²) in [7, 11) is 7.11. The molecule has 188 valence electrons. The highest BCUT2D eigenvalue weighted by atomic mass is 16.5. The fraction of sp³-hybridized carbons (Fsp3) is 0.444. The van der Waals surface area contributed by atoms with E-state index in [2.05, 4.69) is 15.3 Å². The second-order valence-electron chi connectivity index (χ2n) is 8.98. The molecule has 3 N–H and O–H groups in total. The lowest BCUT2D eigenvalue weighted by Gasteiger charge is -2.21. The number of nitrogens with one attached hydrogen (secondary N) is 1. The molecule has 4 rings (SSSR count). The van der Waals surface area contributed by atoms with Gasteiger partial charge in [0.1, 0.15) is 17.3 Å². The summed E-state index contributed by atoms with van der Waals surface area (Å²) in [4.78, 5) is 22.4. The summed E-state index contributed by atoms with van der Waals surface area (Å²) in [5.74, 6) is 3.33. The summed E-state index contributed by atoms with van der Waals surface area (Å²) in [6.07, 6.45) is 6.73. The predicted octanol–water partition coefficient (Wildman–Crippen LogP) is 4.22. The molecule has 0 saturated heterocycles. The molecule has 2 aromatic carbocycles. The maximum Gasteiger partial charge on any atom is 0.224 e. The molecule has 8 nitrogen and oxygen atoms in total. The van der Waals surface area contributed by atoms with Crippen LogP contribution in [0.4, 0.5) is 11.8 Å². The Bertz CT molecular complexity index is 1110. The van der Waals surface area contributed by atoms with E-state index >= 15 is 0 Å². The second kappa shape index (κ2) is 12.8. The van der Waals surface area contributed by atoms with E-state index in [0.717, 1.165) is 40.3 Å². The fourth-order valence-corrected chi connectivity index (χ4v) is 4.32. The van der Waals surface area contributed by atoms with Gasteiger partial charge >= 0.3 is 0 Å². The van der Waals surface area contributed by atoms with Crippen LogP contribution in [-0.2, 0) is 11.2 Å². The highest BCUT2D eigenvalue weighted by Crippen LogP contribution is 2.25. The summed E-state index contributed by atoms with van der Waals surface area (Å²) in [6, 6.07) is 13.4. The lowest BCUT2D eigenvalue weighted by Crippen LogP contribution is -2.31. The van der Waals surface area contributed by atoms with Gasteiger partial charge in [-0.3, -0.25) is 4.79 Å². The lowest BCUT2D eigenvalue weighted by atomic mass is 9.89. The number of methoxy groups -OCH3 is 2. The molecule has 1 heterocycles. The minimum Gasteiger partial charge on any atom is -0.497 e. The van der Waals surface area contributed by atoms with E-state index in [1.54, 1.807) is 14.2 Å². The highest BCUT2D eigenvalue weighted by molar-refractivity contribution is 5.90. The van der Waals surface area contributed by atoms with E-state index in [4.69, 9.17) is 15.2 Å². The Hall–Kier alpha value is -3.55. The quantitative estimate of drug-likeness (QED) is 0.523. The Morgan fingerprint density at radius 2 is 1.80 bits per heavy atom. The van der Waals surface area contributed by atoms with Crippen LogP contribution in [-0.4, -0.2) is 50.7 Å². The molecule has 1 aromatic heterocycles. The number of benzene rings is 2. The molecule has 35 heavy (non-hydrogen) atoms. The van der Waals surface area contributed by atoms with E-state index in [1.165, 1.54) is 32.1 Å². The van der Waals surface area contributed by atoms with E-state index < -0.39 is 0 Å². The van der Waals surface area contributed by atoms with Crippen LogP contribution < -0.4 is 25.4 Å². The average molecular weight is 480 g/mol. The number of carbonyl (C=O) groups excluding carboxylic acids is 1. The van der Waals surface area contributed by atoms with Crippen molar-refractivity contribution < 1.29 is 14.3 Å². The van der Waals surface area contributed by atoms with Crippen molar-refractivity contribution >= 4 is 28.6 Å². The van der Waals surface area contributed by atoms with Crippen molar-refractivity contribution in [2.75, 3.05) is 45.5 Å². The summed E-state index contributed by atoms with van der Waals surface area (Å²) >= 11 is 0. The molecule has 0 radical (unpaired) electrons. The predicted molar refractivity (Wildman–Crippen MR) is 141 cm³/mol. The third-order valence-electron chi connectivity index (χ3n) is 6.18. The second-order valence-corrected chi connectivity index (χ2v) is 8.98. The molecule has 1 fully saturated rings. The van der Waals surface area contributed by atoms with E-state index in [-0.39, 0.29) is 5.91 Å². The number of carbonyl (C=O) groups is 1. The molecule has 3 aromatic rings. The number of hydrogen-bond acceptors (Lipinski definition) is 7. The Balaban J connectivity index is 0.000000211. The van der Waals surface area contributed by atoms with Gasteiger partial charge in [0.05, 0.1) is 26.2 Å². The number of hydrogen-bond donors (Lipinski definition) is 2. The highest BCUT2D eigenvalue weighted by Gasteiger charge is 2.15. The van der Waals surface area contributed by atoms with Gasteiger partial charge in [0.2, 0.25) is 11.9 Å². The van der Waals surface area contributed by atoms with Crippen LogP contribution in [0.2, 0.25) is 0 Å². The van der Waals surface area contributed by atoms with Crippen molar-refractivity contribution in [3.8, 4) is 11.5 Å². The van der Waals surface area contributed by atoms with Gasteiger partial charge in [-0.15, -0.1) is 0 Å². The standard InChI is InChI=1S/C17H25NO3.C10H12N4/c1-20-15-8-9-16(21-2)14(10-15)11-17(19)18-12-13-6-4-3-5-7-13;1-14(2)9-7-5-3-4-6-8(7)12-10(11)13-9/h8-10,13H,3-7,11-12H2,1-2H3,(H,18,19);3-6H,1-2H3,(H2,11,12,13). The molecule has 1 saturated carbocycles. The molecule has 0 bridgehead atoms.